The Morgan fingerprint density at radius 1 is 0.741 bits per heavy atom. The minimum Gasteiger partial charge on any atom is -0.507 e. The van der Waals surface area contributed by atoms with Crippen molar-refractivity contribution in [2.24, 2.45) is 11.8 Å². The fraction of sp³-hybridized carbons (Fsp3) is 0.391. The normalized spacial score (nSPS) is 11.2. The molecule has 0 spiro atoms. The van der Waals surface area contributed by atoms with Gasteiger partial charge in [0, 0.05) is 0 Å². The number of phenols is 2. The van der Waals surface area contributed by atoms with Gasteiger partial charge in [-0.15, -0.1) is 0 Å². The van der Waals surface area contributed by atoms with E-state index >= 15 is 0 Å². The molecule has 0 amide bonds. The third-order valence-electron chi connectivity index (χ3n) is 4.47. The van der Waals surface area contributed by atoms with Gasteiger partial charge in [0.15, 0.2) is 12.6 Å². The number of hydrogen-bond donors (Lipinski definition) is 2. The quantitative estimate of drug-likeness (QED) is 0.662. The summed E-state index contributed by atoms with van der Waals surface area (Å²) in [4.78, 5) is 22.7. The molecule has 0 aliphatic rings. The fourth-order valence-electron chi connectivity index (χ4n) is 3.38. The Morgan fingerprint density at radius 2 is 1.11 bits per heavy atom. The number of carbonyl (C=O) groups is 2. The summed E-state index contributed by atoms with van der Waals surface area (Å²) < 4.78 is 0. The van der Waals surface area contributed by atoms with Gasteiger partial charge in [0.1, 0.15) is 11.5 Å². The highest BCUT2D eigenvalue weighted by molar-refractivity contribution is 5.81. The predicted molar refractivity (Wildman–Crippen MR) is 107 cm³/mol. The molecule has 2 aromatic rings. The molecule has 0 aliphatic carbocycles. The van der Waals surface area contributed by atoms with Gasteiger partial charge in [0.2, 0.25) is 0 Å². The first-order valence-corrected chi connectivity index (χ1v) is 9.35. The van der Waals surface area contributed by atoms with Gasteiger partial charge in [-0.1, -0.05) is 39.8 Å². The molecule has 0 heterocycles. The maximum Gasteiger partial charge on any atom is 0.153 e. The van der Waals surface area contributed by atoms with Crippen molar-refractivity contribution < 1.29 is 19.8 Å². The molecule has 0 unspecified atom stereocenters. The van der Waals surface area contributed by atoms with Crippen LogP contribution in [0.15, 0.2) is 24.3 Å². The Morgan fingerprint density at radius 3 is 1.41 bits per heavy atom. The number of aldehydes is 2. The Labute approximate surface area is 160 Å². The molecule has 0 aromatic heterocycles. The summed E-state index contributed by atoms with van der Waals surface area (Å²) in [5.41, 5.74) is 3.84. The summed E-state index contributed by atoms with van der Waals surface area (Å²) >= 11 is 0. The molecule has 2 N–H and O–H groups in total. The zero-order chi connectivity index (χ0) is 20.1. The van der Waals surface area contributed by atoms with E-state index in [0.717, 1.165) is 22.3 Å². The third-order valence-corrected chi connectivity index (χ3v) is 4.47. The van der Waals surface area contributed by atoms with Gasteiger partial charge in [0.05, 0.1) is 11.1 Å². The van der Waals surface area contributed by atoms with Crippen molar-refractivity contribution in [2.75, 3.05) is 0 Å². The molecule has 0 saturated heterocycles. The first-order valence-electron chi connectivity index (χ1n) is 9.35. The van der Waals surface area contributed by atoms with Crippen molar-refractivity contribution in [3.63, 3.8) is 0 Å². The van der Waals surface area contributed by atoms with E-state index in [1.54, 1.807) is 12.1 Å². The van der Waals surface area contributed by atoms with Crippen molar-refractivity contribution in [3.8, 4) is 11.5 Å². The van der Waals surface area contributed by atoms with Gasteiger partial charge in [-0.25, -0.2) is 0 Å². The molecule has 0 aliphatic heterocycles. The van der Waals surface area contributed by atoms with E-state index < -0.39 is 0 Å². The molecule has 144 valence electrons. The highest BCUT2D eigenvalue weighted by atomic mass is 16.3. The van der Waals surface area contributed by atoms with E-state index in [4.69, 9.17) is 0 Å². The van der Waals surface area contributed by atoms with Crippen LogP contribution in [0.5, 0.6) is 11.5 Å². The van der Waals surface area contributed by atoms with Crippen LogP contribution in [0.4, 0.5) is 0 Å². The monoisotopic (exact) mass is 368 g/mol. The van der Waals surface area contributed by atoms with Crippen LogP contribution in [0.2, 0.25) is 0 Å². The first kappa shape index (κ1) is 20.7. The average Bonchev–Trinajstić information content (AvgIpc) is 2.59. The van der Waals surface area contributed by atoms with Crippen LogP contribution in [0.25, 0.3) is 0 Å². The minimum atomic E-state index is 0.0437. The SMILES string of the molecule is CC(C)Cc1cc(Cc2cc(C=O)c(O)c(CC(C)C)c2)cc(C=O)c1O. The molecular formula is C23H28O4. The lowest BCUT2D eigenvalue weighted by Gasteiger charge is -2.14. The molecule has 4 heteroatoms. The molecule has 27 heavy (non-hydrogen) atoms. The average molecular weight is 368 g/mol. The van der Waals surface area contributed by atoms with Crippen molar-refractivity contribution in [1.82, 2.24) is 0 Å². The van der Waals surface area contributed by atoms with Gasteiger partial charge < -0.3 is 10.2 Å². The second kappa shape index (κ2) is 8.85. The minimum absolute atomic E-state index is 0.0437. The van der Waals surface area contributed by atoms with Crippen LogP contribution < -0.4 is 0 Å². The summed E-state index contributed by atoms with van der Waals surface area (Å²) in [5.74, 6) is 0.779. The number of hydrogen-bond acceptors (Lipinski definition) is 4. The van der Waals surface area contributed by atoms with E-state index in [1.807, 2.05) is 12.1 Å². The van der Waals surface area contributed by atoms with Crippen molar-refractivity contribution in [3.05, 3.63) is 57.6 Å². The largest absolute Gasteiger partial charge is 0.507 e. The van der Waals surface area contributed by atoms with Crippen LogP contribution in [0.1, 0.15) is 70.7 Å². The lowest BCUT2D eigenvalue weighted by atomic mass is 9.92. The first-order chi connectivity index (χ1) is 12.7. The zero-order valence-corrected chi connectivity index (χ0v) is 16.5. The maximum absolute atomic E-state index is 11.4. The zero-order valence-electron chi connectivity index (χ0n) is 16.5. The predicted octanol–water partition coefficient (Wildman–Crippen LogP) is 4.71. The Kier molecular flexibility index (Phi) is 6.78. The number of benzene rings is 2. The van der Waals surface area contributed by atoms with Gasteiger partial charge >= 0.3 is 0 Å². The lowest BCUT2D eigenvalue weighted by Crippen LogP contribution is -2.02. The molecule has 0 radical (unpaired) electrons. The summed E-state index contributed by atoms with van der Waals surface area (Å²) in [7, 11) is 0. The Bertz CT molecular complexity index is 765. The van der Waals surface area contributed by atoms with E-state index in [0.29, 0.717) is 43.7 Å². The van der Waals surface area contributed by atoms with Crippen molar-refractivity contribution in [1.29, 1.82) is 0 Å². The fourth-order valence-corrected chi connectivity index (χ4v) is 3.38. The second-order valence-electron chi connectivity index (χ2n) is 7.99. The molecule has 0 atom stereocenters. The smallest absolute Gasteiger partial charge is 0.153 e. The molecule has 4 nitrogen and oxygen atoms in total. The van der Waals surface area contributed by atoms with Crippen LogP contribution in [0, 0.1) is 11.8 Å². The van der Waals surface area contributed by atoms with Gasteiger partial charge in [-0.05, 0) is 65.5 Å². The molecular weight excluding hydrogens is 340 g/mol. The van der Waals surface area contributed by atoms with Crippen LogP contribution in [-0.4, -0.2) is 22.8 Å². The Hall–Kier alpha value is -2.62. The van der Waals surface area contributed by atoms with Crippen molar-refractivity contribution in [2.45, 2.75) is 47.0 Å². The van der Waals surface area contributed by atoms with E-state index in [-0.39, 0.29) is 22.6 Å². The number of aromatic hydroxyl groups is 2. The van der Waals surface area contributed by atoms with Gasteiger partial charge in [-0.2, -0.15) is 0 Å². The van der Waals surface area contributed by atoms with E-state index in [2.05, 4.69) is 27.7 Å². The van der Waals surface area contributed by atoms with Gasteiger partial charge in [-0.3, -0.25) is 9.59 Å². The standard InChI is InChI=1S/C23H28O4/c1-14(2)5-18-8-16(10-20(12-24)22(18)26)7-17-9-19(6-15(3)4)23(27)21(11-17)13-25/h8-15,26-27H,5-7H2,1-4H3. The van der Waals surface area contributed by atoms with Crippen LogP contribution in [-0.2, 0) is 19.3 Å². The second-order valence-corrected chi connectivity index (χ2v) is 7.99. The summed E-state index contributed by atoms with van der Waals surface area (Å²) in [6.45, 7) is 8.23. The van der Waals surface area contributed by atoms with Crippen molar-refractivity contribution >= 4 is 12.6 Å². The number of carbonyl (C=O) groups excluding carboxylic acids is 2. The summed E-state index contributed by atoms with van der Waals surface area (Å²) in [6.07, 6.45) is 3.20. The molecule has 2 rings (SSSR count). The van der Waals surface area contributed by atoms with E-state index in [9.17, 15) is 19.8 Å². The van der Waals surface area contributed by atoms with E-state index in [1.165, 1.54) is 0 Å². The highest BCUT2D eigenvalue weighted by Gasteiger charge is 2.14. The van der Waals surface area contributed by atoms with Crippen LogP contribution >= 0.6 is 0 Å². The third kappa shape index (κ3) is 5.19. The summed E-state index contributed by atoms with van der Waals surface area (Å²) in [6, 6.07) is 7.19. The Balaban J connectivity index is 2.46. The van der Waals surface area contributed by atoms with Gasteiger partial charge in [0.25, 0.3) is 0 Å². The molecule has 2 aromatic carbocycles. The van der Waals surface area contributed by atoms with Crippen LogP contribution in [0.3, 0.4) is 0 Å². The molecule has 0 bridgehead atoms. The molecule has 0 fully saturated rings. The topological polar surface area (TPSA) is 74.6 Å². The lowest BCUT2D eigenvalue weighted by molar-refractivity contribution is 0.111. The summed E-state index contributed by atoms with van der Waals surface area (Å²) in [5, 5.41) is 20.6. The number of rotatable bonds is 8. The molecule has 0 saturated carbocycles. The highest BCUT2D eigenvalue weighted by Crippen LogP contribution is 2.30. The number of phenolic OH excluding ortho intramolecular Hbond substituents is 2. The maximum atomic E-state index is 11.4.